The Hall–Kier alpha value is -1.02. The van der Waals surface area contributed by atoms with Crippen LogP contribution in [0.25, 0.3) is 0 Å². The minimum absolute atomic E-state index is 0.384. The van der Waals surface area contributed by atoms with Crippen molar-refractivity contribution in [2.45, 2.75) is 32.7 Å². The number of nitrogens with one attached hydrogen (secondary N) is 1. The molecule has 0 saturated heterocycles. The molecule has 1 unspecified atom stereocenters. The van der Waals surface area contributed by atoms with Gasteiger partial charge in [0.15, 0.2) is 0 Å². The lowest BCUT2D eigenvalue weighted by Gasteiger charge is -2.12. The van der Waals surface area contributed by atoms with Crippen LogP contribution in [0.15, 0.2) is 24.3 Å². The van der Waals surface area contributed by atoms with Crippen LogP contribution in [0.1, 0.15) is 32.3 Å². The second-order valence-corrected chi connectivity index (χ2v) is 4.22. The molecule has 0 aromatic heterocycles. The predicted molar refractivity (Wildman–Crippen MR) is 64.5 cm³/mol. The van der Waals surface area contributed by atoms with Crippen LogP contribution in [-0.2, 0) is 0 Å². The van der Waals surface area contributed by atoms with Crippen LogP contribution >= 0.6 is 0 Å². The summed E-state index contributed by atoms with van der Waals surface area (Å²) < 4.78 is 5.63. The number of rotatable bonds is 5. The van der Waals surface area contributed by atoms with Crippen LogP contribution < -0.4 is 10.1 Å². The van der Waals surface area contributed by atoms with Crippen LogP contribution in [0.4, 0.5) is 0 Å². The van der Waals surface area contributed by atoms with Crippen LogP contribution in [0.5, 0.6) is 5.75 Å². The van der Waals surface area contributed by atoms with Gasteiger partial charge in [-0.05, 0) is 37.6 Å². The zero-order chi connectivity index (χ0) is 11.3. The van der Waals surface area contributed by atoms with Crippen molar-refractivity contribution in [1.29, 1.82) is 0 Å². The molecule has 0 spiro atoms. The summed E-state index contributed by atoms with van der Waals surface area (Å²) in [6.45, 7) is 7.19. The Morgan fingerprint density at radius 2 is 1.73 bits per heavy atom. The Balaban J connectivity index is 2.50. The van der Waals surface area contributed by atoms with Crippen LogP contribution in [0, 0.1) is 0 Å². The molecule has 0 heterocycles. The van der Waals surface area contributed by atoms with Gasteiger partial charge in [0.05, 0.1) is 0 Å². The lowest BCUT2D eigenvalue weighted by Crippen LogP contribution is -2.28. The molecule has 1 atom stereocenters. The van der Waals surface area contributed by atoms with Crippen molar-refractivity contribution in [3.8, 4) is 5.75 Å². The Morgan fingerprint density at radius 1 is 1.13 bits per heavy atom. The first-order valence-corrected chi connectivity index (χ1v) is 5.53. The number of hydrogen-bond donors (Lipinski definition) is 1. The average Bonchev–Trinajstić information content (AvgIpc) is 2.26. The SMILES string of the molecule is CNC(C)COc1ccc(C(C)C)cc1. The molecule has 1 aromatic rings. The van der Waals surface area contributed by atoms with E-state index < -0.39 is 0 Å². The molecular formula is C13H21NO. The highest BCUT2D eigenvalue weighted by atomic mass is 16.5. The third-order valence-electron chi connectivity index (χ3n) is 2.54. The van der Waals surface area contributed by atoms with Gasteiger partial charge in [-0.2, -0.15) is 0 Å². The maximum atomic E-state index is 5.63. The molecule has 0 aliphatic rings. The molecular weight excluding hydrogens is 186 g/mol. The van der Waals surface area contributed by atoms with Gasteiger partial charge in [-0.3, -0.25) is 0 Å². The lowest BCUT2D eigenvalue weighted by atomic mass is 10.0. The highest BCUT2D eigenvalue weighted by Gasteiger charge is 2.01. The molecule has 0 aliphatic heterocycles. The zero-order valence-electron chi connectivity index (χ0n) is 10.1. The van der Waals surface area contributed by atoms with Gasteiger partial charge in [0, 0.05) is 6.04 Å². The molecule has 2 nitrogen and oxygen atoms in total. The summed E-state index contributed by atoms with van der Waals surface area (Å²) in [6, 6.07) is 8.72. The topological polar surface area (TPSA) is 21.3 Å². The fourth-order valence-corrected chi connectivity index (χ4v) is 1.25. The second kappa shape index (κ2) is 5.76. The molecule has 0 saturated carbocycles. The highest BCUT2D eigenvalue weighted by Crippen LogP contribution is 2.18. The normalized spacial score (nSPS) is 12.9. The monoisotopic (exact) mass is 207 g/mol. The van der Waals surface area contributed by atoms with Crippen molar-refractivity contribution in [1.82, 2.24) is 5.32 Å². The fourth-order valence-electron chi connectivity index (χ4n) is 1.25. The van der Waals surface area contributed by atoms with Crippen molar-refractivity contribution in [2.24, 2.45) is 0 Å². The number of likely N-dealkylation sites (N-methyl/N-ethyl adjacent to an activating group) is 1. The summed E-state index contributed by atoms with van der Waals surface area (Å²) in [5, 5.41) is 3.14. The van der Waals surface area contributed by atoms with Crippen molar-refractivity contribution < 1.29 is 4.74 Å². The summed E-state index contributed by atoms with van der Waals surface area (Å²) in [7, 11) is 1.94. The molecule has 1 N–H and O–H groups in total. The first kappa shape index (κ1) is 12.1. The second-order valence-electron chi connectivity index (χ2n) is 4.22. The highest BCUT2D eigenvalue weighted by molar-refractivity contribution is 5.28. The Morgan fingerprint density at radius 3 is 2.20 bits per heavy atom. The van der Waals surface area contributed by atoms with Crippen molar-refractivity contribution in [3.63, 3.8) is 0 Å². The van der Waals surface area contributed by atoms with Gasteiger partial charge >= 0.3 is 0 Å². The van der Waals surface area contributed by atoms with Gasteiger partial charge in [-0.25, -0.2) is 0 Å². The molecule has 0 aliphatic carbocycles. The summed E-state index contributed by atoms with van der Waals surface area (Å²) in [6.07, 6.45) is 0. The first-order chi connectivity index (χ1) is 7.13. The largest absolute Gasteiger partial charge is 0.492 e. The average molecular weight is 207 g/mol. The van der Waals surface area contributed by atoms with Gasteiger partial charge in [-0.1, -0.05) is 26.0 Å². The van der Waals surface area contributed by atoms with E-state index in [-0.39, 0.29) is 0 Å². The van der Waals surface area contributed by atoms with Crippen molar-refractivity contribution >= 4 is 0 Å². The van der Waals surface area contributed by atoms with Gasteiger partial charge in [0.25, 0.3) is 0 Å². The zero-order valence-corrected chi connectivity index (χ0v) is 10.1. The Labute approximate surface area is 92.6 Å². The van der Waals surface area contributed by atoms with Crippen molar-refractivity contribution in [2.75, 3.05) is 13.7 Å². The third-order valence-corrected chi connectivity index (χ3v) is 2.54. The molecule has 15 heavy (non-hydrogen) atoms. The van der Waals surface area contributed by atoms with E-state index in [0.717, 1.165) is 5.75 Å². The van der Waals surface area contributed by atoms with E-state index in [1.807, 2.05) is 19.2 Å². The first-order valence-electron chi connectivity index (χ1n) is 5.53. The lowest BCUT2D eigenvalue weighted by molar-refractivity contribution is 0.280. The van der Waals surface area contributed by atoms with E-state index >= 15 is 0 Å². The molecule has 0 fully saturated rings. The molecule has 2 heteroatoms. The molecule has 0 radical (unpaired) electrons. The van der Waals surface area contributed by atoms with E-state index in [4.69, 9.17) is 4.74 Å². The Bertz CT molecular complexity index is 279. The van der Waals surface area contributed by atoms with Gasteiger partial charge in [0.2, 0.25) is 0 Å². The van der Waals surface area contributed by atoms with E-state index in [0.29, 0.717) is 18.6 Å². The van der Waals surface area contributed by atoms with Gasteiger partial charge < -0.3 is 10.1 Å². The van der Waals surface area contributed by atoms with E-state index in [1.165, 1.54) is 5.56 Å². The number of benzene rings is 1. The molecule has 0 bridgehead atoms. The summed E-state index contributed by atoms with van der Waals surface area (Å²) in [4.78, 5) is 0. The van der Waals surface area contributed by atoms with Gasteiger partial charge in [-0.15, -0.1) is 0 Å². The minimum Gasteiger partial charge on any atom is -0.492 e. The van der Waals surface area contributed by atoms with Crippen LogP contribution in [-0.4, -0.2) is 19.7 Å². The molecule has 84 valence electrons. The fraction of sp³-hybridized carbons (Fsp3) is 0.538. The van der Waals surface area contributed by atoms with Crippen molar-refractivity contribution in [3.05, 3.63) is 29.8 Å². The number of ether oxygens (including phenoxy) is 1. The maximum absolute atomic E-state index is 5.63. The smallest absolute Gasteiger partial charge is 0.119 e. The third kappa shape index (κ3) is 3.92. The molecule has 0 amide bonds. The van der Waals surface area contributed by atoms with Gasteiger partial charge in [0.1, 0.15) is 12.4 Å². The number of hydrogen-bond acceptors (Lipinski definition) is 2. The van der Waals surface area contributed by atoms with E-state index in [9.17, 15) is 0 Å². The molecule has 1 aromatic carbocycles. The summed E-state index contributed by atoms with van der Waals surface area (Å²) in [5.41, 5.74) is 1.35. The minimum atomic E-state index is 0.384. The van der Waals surface area contributed by atoms with Crippen LogP contribution in [0.3, 0.4) is 0 Å². The van der Waals surface area contributed by atoms with E-state index in [2.05, 4.69) is 38.2 Å². The Kier molecular flexibility index (Phi) is 4.63. The van der Waals surface area contributed by atoms with E-state index in [1.54, 1.807) is 0 Å². The molecule has 1 rings (SSSR count). The standard InChI is InChI=1S/C13H21NO/c1-10(2)12-5-7-13(8-6-12)15-9-11(3)14-4/h5-8,10-11,14H,9H2,1-4H3. The summed E-state index contributed by atoms with van der Waals surface area (Å²) >= 11 is 0. The van der Waals surface area contributed by atoms with Crippen LogP contribution in [0.2, 0.25) is 0 Å². The predicted octanol–water partition coefficient (Wildman–Crippen LogP) is 2.80. The maximum Gasteiger partial charge on any atom is 0.119 e. The quantitative estimate of drug-likeness (QED) is 0.801. The summed E-state index contributed by atoms with van der Waals surface area (Å²) in [5.74, 6) is 1.52.